The molecule has 0 aromatic rings. The van der Waals surface area contributed by atoms with Gasteiger partial charge in [-0.3, -0.25) is 18.3 Å². The summed E-state index contributed by atoms with van der Waals surface area (Å²) in [4.78, 5) is 35.6. The van der Waals surface area contributed by atoms with Gasteiger partial charge in [-0.1, -0.05) is 6.42 Å². The van der Waals surface area contributed by atoms with Crippen molar-refractivity contribution in [3.05, 3.63) is 0 Å². The number of aliphatic hydroxyl groups excluding tert-OH is 1. The van der Waals surface area contributed by atoms with Gasteiger partial charge < -0.3 is 26.6 Å². The molecule has 0 saturated heterocycles. The molecule has 8 N–H and O–H groups in total. The molecular weight excluding hydrogens is 490 g/mol. The Morgan fingerprint density at radius 2 is 1.37 bits per heavy atom. The van der Waals surface area contributed by atoms with Crippen LogP contribution in [0.4, 0.5) is 0 Å². The Kier molecular flexibility index (Phi) is 15.7. The lowest BCUT2D eigenvalue weighted by Gasteiger charge is -2.22. The minimum Gasteiger partial charge on any atom is -0.480 e. The zero-order chi connectivity index (χ0) is 20.7. The summed E-state index contributed by atoms with van der Waals surface area (Å²) in [5, 5.41) is 22.8. The Hall–Kier alpha value is -0.790. The predicted molar refractivity (Wildman–Crippen MR) is 108 cm³/mol. The first-order valence-electron chi connectivity index (χ1n) is 8.74. The number of rotatable bonds is 16. The molecule has 2 amide bonds. The molecule has 12 heteroatoms. The van der Waals surface area contributed by atoms with Gasteiger partial charge >= 0.3 is 5.97 Å². The monoisotopic (exact) mass is 517 g/mol. The molecule has 0 aliphatic carbocycles. The number of hydrogen-bond acceptors (Lipinski definition) is 7. The second-order valence-electron chi connectivity index (χ2n) is 6.01. The summed E-state index contributed by atoms with van der Waals surface area (Å²) in [6, 6.07) is -3.10. The van der Waals surface area contributed by atoms with Gasteiger partial charge in [-0.15, -0.1) is 0 Å². The normalized spacial score (nSPS) is 14.2. The molecule has 0 rings (SSSR count). The van der Waals surface area contributed by atoms with Crippen LogP contribution >= 0.6 is 32.3 Å². The van der Waals surface area contributed by atoms with E-state index in [0.717, 1.165) is 25.8 Å². The maximum atomic E-state index is 12.4. The van der Waals surface area contributed by atoms with E-state index in [4.69, 9.17) is 15.9 Å². The molecule has 0 fully saturated rings. The summed E-state index contributed by atoms with van der Waals surface area (Å²) in [6.45, 7) is 0.687. The Morgan fingerprint density at radius 1 is 0.852 bits per heavy atom. The third kappa shape index (κ3) is 12.3. The average molecular weight is 519 g/mol. The van der Waals surface area contributed by atoms with Crippen molar-refractivity contribution in [1.82, 2.24) is 19.3 Å². The highest BCUT2D eigenvalue weighted by Crippen LogP contribution is 2.05. The van der Waals surface area contributed by atoms with Crippen molar-refractivity contribution in [2.24, 2.45) is 5.73 Å². The lowest BCUT2D eigenvalue weighted by Crippen LogP contribution is -2.55. The molecule has 0 aromatic carbocycles. The number of carboxylic acids is 1. The van der Waals surface area contributed by atoms with Crippen LogP contribution in [-0.2, 0) is 14.4 Å². The minimum atomic E-state index is -1.42. The molecule has 0 bridgehead atoms. The van der Waals surface area contributed by atoms with Crippen molar-refractivity contribution in [2.45, 2.75) is 56.7 Å². The van der Waals surface area contributed by atoms with Gasteiger partial charge in [-0.2, -0.15) is 0 Å². The van der Waals surface area contributed by atoms with Crippen molar-refractivity contribution in [2.75, 3.05) is 19.7 Å². The van der Waals surface area contributed by atoms with E-state index in [1.807, 2.05) is 0 Å². The Labute approximate surface area is 176 Å². The quantitative estimate of drug-likeness (QED) is 0.106. The fourth-order valence-electron chi connectivity index (χ4n) is 2.23. The first-order valence-corrected chi connectivity index (χ1v) is 10.3. The molecule has 27 heavy (non-hydrogen) atoms. The van der Waals surface area contributed by atoms with Crippen molar-refractivity contribution in [1.29, 1.82) is 0 Å². The van der Waals surface area contributed by atoms with E-state index in [0.29, 0.717) is 25.8 Å². The molecule has 3 atom stereocenters. The zero-order valence-corrected chi connectivity index (χ0v) is 18.2. The molecule has 0 spiro atoms. The second kappa shape index (κ2) is 16.2. The van der Waals surface area contributed by atoms with Gasteiger partial charge in [0.05, 0.1) is 12.6 Å². The van der Waals surface area contributed by atoms with Gasteiger partial charge in [0.1, 0.15) is 12.1 Å². The highest BCUT2D eigenvalue weighted by Gasteiger charge is 2.27. The summed E-state index contributed by atoms with van der Waals surface area (Å²) < 4.78 is 5.63. The highest BCUT2D eigenvalue weighted by atomic mass is 79.9. The van der Waals surface area contributed by atoms with Crippen LogP contribution in [0, 0.1) is 0 Å². The van der Waals surface area contributed by atoms with E-state index in [9.17, 15) is 14.4 Å². The van der Waals surface area contributed by atoms with Gasteiger partial charge in [0.15, 0.2) is 0 Å². The standard InChI is InChI=1S/C15H29Br2N5O5/c16-19-7-3-1-5-10(18)13(24)21-11(6-2-4-8-20-17)14(25)22-12(9-23)15(26)27/h10-12,19-20,23H,1-9,18H2,(H,21,24)(H,22,25)(H,26,27)/t10-,11-,12-/m0/s1. The lowest BCUT2D eigenvalue weighted by atomic mass is 10.1. The number of halogens is 2. The number of unbranched alkanes of at least 4 members (excludes halogenated alkanes) is 2. The number of nitrogens with one attached hydrogen (secondary N) is 4. The molecule has 158 valence electrons. The second-order valence-corrected chi connectivity index (χ2v) is 7.13. The van der Waals surface area contributed by atoms with E-state index in [2.05, 4.69) is 51.6 Å². The predicted octanol–water partition coefficient (Wildman–Crippen LogP) is -0.500. The van der Waals surface area contributed by atoms with Crippen molar-refractivity contribution < 1.29 is 24.6 Å². The molecule has 0 radical (unpaired) electrons. The molecule has 0 heterocycles. The number of amides is 2. The summed E-state index contributed by atoms with van der Waals surface area (Å²) >= 11 is 6.17. The summed E-state index contributed by atoms with van der Waals surface area (Å²) in [5.74, 6) is -2.47. The molecule has 0 aromatic heterocycles. The van der Waals surface area contributed by atoms with Crippen molar-refractivity contribution in [3.8, 4) is 0 Å². The van der Waals surface area contributed by atoms with Gasteiger partial charge in [-0.25, -0.2) is 4.79 Å². The Balaban J connectivity index is 4.74. The van der Waals surface area contributed by atoms with Crippen LogP contribution in [-0.4, -0.2) is 65.8 Å². The third-order valence-corrected chi connectivity index (χ3v) is 4.61. The van der Waals surface area contributed by atoms with E-state index in [1.165, 1.54) is 0 Å². The van der Waals surface area contributed by atoms with E-state index >= 15 is 0 Å². The SMILES string of the molecule is N[C@@H](CCCCNBr)C(=O)N[C@@H](CCCCNBr)C(=O)N[C@@H](CO)C(=O)O. The van der Waals surface area contributed by atoms with Crippen LogP contribution in [0.5, 0.6) is 0 Å². The van der Waals surface area contributed by atoms with E-state index in [-0.39, 0.29) is 0 Å². The largest absolute Gasteiger partial charge is 0.480 e. The summed E-state index contributed by atoms with van der Waals surface area (Å²) in [6.07, 6.45) is 3.75. The van der Waals surface area contributed by atoms with Crippen LogP contribution < -0.4 is 25.1 Å². The Morgan fingerprint density at radius 3 is 1.85 bits per heavy atom. The average Bonchev–Trinajstić information content (AvgIpc) is 2.64. The van der Waals surface area contributed by atoms with Gasteiger partial charge in [0.2, 0.25) is 11.8 Å². The van der Waals surface area contributed by atoms with Crippen LogP contribution in [0.3, 0.4) is 0 Å². The van der Waals surface area contributed by atoms with Gasteiger partial charge in [-0.05, 0) is 32.1 Å². The van der Waals surface area contributed by atoms with E-state index in [1.54, 1.807) is 0 Å². The number of aliphatic carboxylic acids is 1. The van der Waals surface area contributed by atoms with Crippen LogP contribution in [0.15, 0.2) is 0 Å². The number of carbonyl (C=O) groups excluding carboxylic acids is 2. The maximum Gasteiger partial charge on any atom is 0.328 e. The first-order chi connectivity index (χ1) is 12.9. The molecule has 0 aliphatic rings. The lowest BCUT2D eigenvalue weighted by molar-refractivity contribution is -0.143. The topological polar surface area (TPSA) is 166 Å². The summed E-state index contributed by atoms with van der Waals surface area (Å²) in [5.41, 5.74) is 5.87. The van der Waals surface area contributed by atoms with E-state index < -0.39 is 42.5 Å². The fourth-order valence-corrected chi connectivity index (χ4v) is 2.79. The number of carboxylic acid groups (broad SMARTS) is 1. The minimum absolute atomic E-state index is 0.324. The van der Waals surface area contributed by atoms with Gasteiger partial charge in [0.25, 0.3) is 0 Å². The smallest absolute Gasteiger partial charge is 0.328 e. The number of nitrogens with two attached hydrogens (primary N) is 1. The van der Waals surface area contributed by atoms with Crippen molar-refractivity contribution in [3.63, 3.8) is 0 Å². The maximum absolute atomic E-state index is 12.4. The molecule has 0 unspecified atom stereocenters. The summed E-state index contributed by atoms with van der Waals surface area (Å²) in [7, 11) is 0. The zero-order valence-electron chi connectivity index (χ0n) is 15.0. The molecular formula is C15H29Br2N5O5. The first kappa shape index (κ1) is 26.2. The molecule has 0 saturated carbocycles. The number of aliphatic hydroxyl groups is 1. The molecule has 10 nitrogen and oxygen atoms in total. The number of hydrogen-bond donors (Lipinski definition) is 7. The molecule has 0 aliphatic heterocycles. The fraction of sp³-hybridized carbons (Fsp3) is 0.800. The third-order valence-electron chi connectivity index (χ3n) is 3.82. The highest BCUT2D eigenvalue weighted by molar-refractivity contribution is 9.08. The van der Waals surface area contributed by atoms with Crippen molar-refractivity contribution >= 4 is 50.1 Å². The van der Waals surface area contributed by atoms with Gasteiger partial charge in [0, 0.05) is 45.4 Å². The number of carbonyl (C=O) groups is 3. The van der Waals surface area contributed by atoms with Crippen LogP contribution in [0.2, 0.25) is 0 Å². The Bertz CT molecular complexity index is 458. The van der Waals surface area contributed by atoms with Crippen LogP contribution in [0.1, 0.15) is 38.5 Å². The van der Waals surface area contributed by atoms with Crippen LogP contribution in [0.25, 0.3) is 0 Å².